The van der Waals surface area contributed by atoms with Crippen molar-refractivity contribution in [2.75, 3.05) is 6.54 Å². The maximum atomic E-state index is 12.9. The van der Waals surface area contributed by atoms with Crippen LogP contribution in [0.5, 0.6) is 0 Å². The van der Waals surface area contributed by atoms with Crippen LogP contribution in [0.3, 0.4) is 0 Å². The third-order valence-corrected chi connectivity index (χ3v) is 5.28. The van der Waals surface area contributed by atoms with E-state index >= 15 is 0 Å². The molecule has 146 valence electrons. The van der Waals surface area contributed by atoms with Gasteiger partial charge < -0.3 is 10.6 Å². The van der Waals surface area contributed by atoms with Gasteiger partial charge in [-0.3, -0.25) is 14.5 Å². The molecule has 1 atom stereocenters. The fourth-order valence-corrected chi connectivity index (χ4v) is 3.46. The molecule has 0 aromatic heterocycles. The fourth-order valence-electron chi connectivity index (χ4n) is 2.98. The Kier molecular flexibility index (Phi) is 5.63. The normalized spacial score (nSPS) is 18.9. The number of hydrogen-bond acceptors (Lipinski definition) is 3. The molecule has 0 radical (unpaired) electrons. The van der Waals surface area contributed by atoms with Gasteiger partial charge in [0.2, 0.25) is 5.91 Å². The maximum absolute atomic E-state index is 12.9. The van der Waals surface area contributed by atoms with Gasteiger partial charge >= 0.3 is 6.03 Å². The lowest BCUT2D eigenvalue weighted by atomic mass is 9.91. The molecule has 8 heteroatoms. The Hall–Kier alpha value is -2.57. The summed E-state index contributed by atoms with van der Waals surface area (Å²) in [4.78, 5) is 38.4. The molecule has 0 aliphatic carbocycles. The number of hydrogen-bond donors (Lipinski definition) is 2. The highest BCUT2D eigenvalue weighted by atomic mass is 35.5. The number of aryl methyl sites for hydroxylation is 1. The smallest absolute Gasteiger partial charge is 0.325 e. The van der Waals surface area contributed by atoms with Gasteiger partial charge in [0, 0.05) is 16.6 Å². The van der Waals surface area contributed by atoms with Gasteiger partial charge in [0.05, 0.1) is 0 Å². The average Bonchev–Trinajstić information content (AvgIpc) is 2.85. The van der Waals surface area contributed by atoms with E-state index in [0.29, 0.717) is 21.2 Å². The van der Waals surface area contributed by atoms with E-state index in [1.54, 1.807) is 37.3 Å². The Morgan fingerprint density at radius 2 is 1.82 bits per heavy atom. The first-order valence-electron chi connectivity index (χ1n) is 8.62. The molecule has 3 rings (SSSR count). The summed E-state index contributed by atoms with van der Waals surface area (Å²) >= 11 is 11.9. The van der Waals surface area contributed by atoms with Crippen LogP contribution in [-0.2, 0) is 21.7 Å². The highest BCUT2D eigenvalue weighted by Gasteiger charge is 2.49. The molecule has 6 nitrogen and oxygen atoms in total. The second-order valence-electron chi connectivity index (χ2n) is 6.82. The summed E-state index contributed by atoms with van der Waals surface area (Å²) in [5.41, 5.74) is 1.18. The van der Waals surface area contributed by atoms with Gasteiger partial charge in [-0.1, -0.05) is 59.1 Å². The van der Waals surface area contributed by atoms with Crippen LogP contribution < -0.4 is 10.6 Å². The SMILES string of the molecule is Cc1ccc([C@]2(C)NC(=O)N(CC(=O)NCc3ccc(Cl)cc3Cl)C2=O)cc1. The number of imide groups is 1. The standard InChI is InChI=1S/C20H19Cl2N3O3/c1-12-3-6-14(7-4-12)20(2)18(27)25(19(28)24-20)11-17(26)23-10-13-5-8-15(21)9-16(13)22/h3-9H,10-11H2,1-2H3,(H,23,26)(H,24,28)/t20-/m0/s1. The Bertz CT molecular complexity index is 946. The zero-order valence-electron chi connectivity index (χ0n) is 15.4. The van der Waals surface area contributed by atoms with E-state index in [4.69, 9.17) is 23.2 Å². The highest BCUT2D eigenvalue weighted by Crippen LogP contribution is 2.29. The maximum Gasteiger partial charge on any atom is 0.325 e. The summed E-state index contributed by atoms with van der Waals surface area (Å²) < 4.78 is 0. The zero-order chi connectivity index (χ0) is 20.5. The average molecular weight is 420 g/mol. The minimum atomic E-state index is -1.20. The van der Waals surface area contributed by atoms with E-state index in [1.165, 1.54) is 0 Å². The minimum absolute atomic E-state index is 0.160. The molecule has 0 saturated carbocycles. The second kappa shape index (κ2) is 7.81. The van der Waals surface area contributed by atoms with E-state index in [-0.39, 0.29) is 13.1 Å². The van der Waals surface area contributed by atoms with Crippen LogP contribution in [-0.4, -0.2) is 29.3 Å². The topological polar surface area (TPSA) is 78.5 Å². The Balaban J connectivity index is 1.66. The van der Waals surface area contributed by atoms with Gasteiger partial charge in [-0.25, -0.2) is 4.79 Å². The van der Waals surface area contributed by atoms with E-state index < -0.39 is 23.4 Å². The molecule has 0 spiro atoms. The first-order chi connectivity index (χ1) is 13.2. The van der Waals surface area contributed by atoms with E-state index in [9.17, 15) is 14.4 Å². The van der Waals surface area contributed by atoms with Crippen molar-refractivity contribution >= 4 is 41.0 Å². The van der Waals surface area contributed by atoms with Crippen molar-refractivity contribution in [3.63, 3.8) is 0 Å². The number of nitrogens with one attached hydrogen (secondary N) is 2. The van der Waals surface area contributed by atoms with Gasteiger partial charge in [0.15, 0.2) is 0 Å². The van der Waals surface area contributed by atoms with E-state index in [1.807, 2.05) is 19.1 Å². The molecule has 2 N–H and O–H groups in total. The van der Waals surface area contributed by atoms with Crippen molar-refractivity contribution in [3.8, 4) is 0 Å². The lowest BCUT2D eigenvalue weighted by Gasteiger charge is -2.22. The molecule has 2 aromatic rings. The predicted molar refractivity (Wildman–Crippen MR) is 107 cm³/mol. The number of amides is 4. The molecule has 28 heavy (non-hydrogen) atoms. The van der Waals surface area contributed by atoms with Gasteiger partial charge in [-0.05, 0) is 37.1 Å². The van der Waals surface area contributed by atoms with Crippen LogP contribution in [0.4, 0.5) is 4.79 Å². The van der Waals surface area contributed by atoms with Gasteiger partial charge in [0.25, 0.3) is 5.91 Å². The molecular weight excluding hydrogens is 401 g/mol. The third kappa shape index (κ3) is 3.98. The van der Waals surface area contributed by atoms with Crippen LogP contribution in [0.15, 0.2) is 42.5 Å². The monoisotopic (exact) mass is 419 g/mol. The van der Waals surface area contributed by atoms with Crippen molar-refractivity contribution < 1.29 is 14.4 Å². The number of halogens is 2. The Labute approximate surface area is 172 Å². The van der Waals surface area contributed by atoms with Crippen molar-refractivity contribution in [1.29, 1.82) is 0 Å². The summed E-state index contributed by atoms with van der Waals surface area (Å²) in [7, 11) is 0. The molecule has 1 aliphatic rings. The lowest BCUT2D eigenvalue weighted by Crippen LogP contribution is -2.43. The molecule has 2 aromatic carbocycles. The summed E-state index contributed by atoms with van der Waals surface area (Å²) in [6.07, 6.45) is 0. The van der Waals surface area contributed by atoms with E-state index in [2.05, 4.69) is 10.6 Å². The number of carbonyl (C=O) groups is 3. The van der Waals surface area contributed by atoms with Gasteiger partial charge in [0.1, 0.15) is 12.1 Å². The number of benzene rings is 2. The number of carbonyl (C=O) groups excluding carboxylic acids is 3. The number of nitrogens with zero attached hydrogens (tertiary/aromatic N) is 1. The van der Waals surface area contributed by atoms with Crippen LogP contribution in [0.1, 0.15) is 23.6 Å². The molecule has 1 heterocycles. The first kappa shape index (κ1) is 20.2. The van der Waals surface area contributed by atoms with E-state index in [0.717, 1.165) is 10.5 Å². The summed E-state index contributed by atoms with van der Waals surface area (Å²) in [6.45, 7) is 3.35. The third-order valence-electron chi connectivity index (χ3n) is 4.70. The predicted octanol–water partition coefficient (Wildman–Crippen LogP) is 3.39. The molecular formula is C20H19Cl2N3O3. The molecule has 0 unspecified atom stereocenters. The fraction of sp³-hybridized carbons (Fsp3) is 0.250. The largest absolute Gasteiger partial charge is 0.350 e. The molecule has 0 bridgehead atoms. The number of rotatable bonds is 5. The van der Waals surface area contributed by atoms with Crippen LogP contribution in [0, 0.1) is 6.92 Å². The van der Waals surface area contributed by atoms with Crippen LogP contribution >= 0.6 is 23.2 Å². The zero-order valence-corrected chi connectivity index (χ0v) is 16.9. The van der Waals surface area contributed by atoms with Crippen LogP contribution in [0.2, 0.25) is 10.0 Å². The number of urea groups is 1. The lowest BCUT2D eigenvalue weighted by molar-refractivity contribution is -0.134. The van der Waals surface area contributed by atoms with Gasteiger partial charge in [-0.15, -0.1) is 0 Å². The quantitative estimate of drug-likeness (QED) is 0.728. The van der Waals surface area contributed by atoms with Crippen molar-refractivity contribution in [1.82, 2.24) is 15.5 Å². The Morgan fingerprint density at radius 1 is 1.14 bits per heavy atom. The summed E-state index contributed by atoms with van der Waals surface area (Å²) in [6, 6.07) is 11.7. The van der Waals surface area contributed by atoms with Crippen LogP contribution in [0.25, 0.3) is 0 Å². The molecule has 4 amide bonds. The Morgan fingerprint density at radius 3 is 2.46 bits per heavy atom. The molecule has 1 saturated heterocycles. The first-order valence-corrected chi connectivity index (χ1v) is 9.38. The van der Waals surface area contributed by atoms with Gasteiger partial charge in [-0.2, -0.15) is 0 Å². The molecule has 1 aliphatic heterocycles. The summed E-state index contributed by atoms with van der Waals surface area (Å²) in [5, 5.41) is 6.26. The minimum Gasteiger partial charge on any atom is -0.350 e. The summed E-state index contributed by atoms with van der Waals surface area (Å²) in [5.74, 6) is -0.941. The van der Waals surface area contributed by atoms with Crippen molar-refractivity contribution in [2.24, 2.45) is 0 Å². The van der Waals surface area contributed by atoms with Crippen molar-refractivity contribution in [2.45, 2.75) is 25.9 Å². The molecule has 1 fully saturated rings. The van der Waals surface area contributed by atoms with Crippen molar-refractivity contribution in [3.05, 3.63) is 69.2 Å². The highest BCUT2D eigenvalue weighted by molar-refractivity contribution is 6.35. The second-order valence-corrected chi connectivity index (χ2v) is 7.67.